The van der Waals surface area contributed by atoms with E-state index < -0.39 is 7.12 Å². The lowest BCUT2D eigenvalue weighted by Crippen LogP contribution is -2.39. The molecule has 0 fully saturated rings. The van der Waals surface area contributed by atoms with E-state index in [0.29, 0.717) is 6.32 Å². The lowest BCUT2D eigenvalue weighted by Gasteiger charge is -2.24. The maximum absolute atomic E-state index is 8.82. The molecule has 136 valence electrons. The summed E-state index contributed by atoms with van der Waals surface area (Å²) in [6.07, 6.45) is 6.12. The molecular weight excluding hydrogens is 303 g/mol. The van der Waals surface area contributed by atoms with Crippen LogP contribution in [0.3, 0.4) is 0 Å². The van der Waals surface area contributed by atoms with Crippen molar-refractivity contribution in [2.75, 3.05) is 20.2 Å². The fourth-order valence-electron chi connectivity index (χ4n) is 2.73. The van der Waals surface area contributed by atoms with Gasteiger partial charge in [0.05, 0.1) is 7.11 Å². The van der Waals surface area contributed by atoms with Crippen LogP contribution in [0.4, 0.5) is 0 Å². The molecule has 1 aromatic carbocycles. The predicted molar refractivity (Wildman–Crippen MR) is 100 cm³/mol. The molecule has 0 saturated heterocycles. The van der Waals surface area contributed by atoms with Gasteiger partial charge in [0.25, 0.3) is 0 Å². The number of ether oxygens (including phenoxy) is 1. The number of aryl methyl sites for hydroxylation is 1. The molecule has 1 aromatic rings. The van der Waals surface area contributed by atoms with E-state index in [1.165, 1.54) is 5.56 Å². The maximum atomic E-state index is 8.82. The van der Waals surface area contributed by atoms with Crippen LogP contribution in [-0.2, 0) is 6.42 Å². The minimum absolute atomic E-state index is 0.194. The van der Waals surface area contributed by atoms with Gasteiger partial charge in [-0.25, -0.2) is 0 Å². The van der Waals surface area contributed by atoms with Gasteiger partial charge in [-0.1, -0.05) is 25.0 Å². The van der Waals surface area contributed by atoms with Gasteiger partial charge in [0, 0.05) is 5.54 Å². The summed E-state index contributed by atoms with van der Waals surface area (Å²) in [4.78, 5) is 0. The highest BCUT2D eigenvalue weighted by Crippen LogP contribution is 2.16. The number of hydrogen-bond donors (Lipinski definition) is 4. The first-order valence-electron chi connectivity index (χ1n) is 8.91. The van der Waals surface area contributed by atoms with Gasteiger partial charge >= 0.3 is 7.12 Å². The highest BCUT2D eigenvalue weighted by Gasteiger charge is 2.17. The largest absolute Gasteiger partial charge is 0.497 e. The van der Waals surface area contributed by atoms with Gasteiger partial charge in [-0.15, -0.1) is 0 Å². The molecule has 0 aliphatic rings. The summed E-state index contributed by atoms with van der Waals surface area (Å²) in [7, 11) is 0.497. The summed E-state index contributed by atoms with van der Waals surface area (Å²) in [5.74, 6) is 0.910. The standard InChI is InChI=1S/C18H33BN2O3/c1-18(20,10-3-4-12-19(22)23)11-14-21-13-6-8-16-7-5-9-17(15-16)24-2/h5,7,9,15,21-23H,3-4,6,8,10-14,20H2,1-2H3. The van der Waals surface area contributed by atoms with Gasteiger partial charge in [0.15, 0.2) is 0 Å². The zero-order valence-corrected chi connectivity index (χ0v) is 15.1. The maximum Gasteiger partial charge on any atom is 0.451 e. The van der Waals surface area contributed by atoms with Crippen molar-refractivity contribution < 1.29 is 14.8 Å². The molecule has 1 rings (SSSR count). The second-order valence-corrected chi connectivity index (χ2v) is 6.84. The van der Waals surface area contributed by atoms with Crippen LogP contribution in [0.15, 0.2) is 24.3 Å². The van der Waals surface area contributed by atoms with Gasteiger partial charge in [-0.2, -0.15) is 0 Å². The lowest BCUT2D eigenvalue weighted by atomic mass is 9.82. The van der Waals surface area contributed by atoms with Crippen molar-refractivity contribution in [2.24, 2.45) is 5.73 Å². The highest BCUT2D eigenvalue weighted by molar-refractivity contribution is 6.40. The number of nitrogens with one attached hydrogen (secondary N) is 1. The molecule has 0 aliphatic heterocycles. The average Bonchev–Trinajstić information content (AvgIpc) is 2.55. The van der Waals surface area contributed by atoms with Crippen LogP contribution in [-0.4, -0.2) is 42.9 Å². The van der Waals surface area contributed by atoms with E-state index >= 15 is 0 Å². The Bertz CT molecular complexity index is 456. The Morgan fingerprint density at radius 2 is 1.96 bits per heavy atom. The molecule has 0 amide bonds. The number of hydrogen-bond acceptors (Lipinski definition) is 5. The molecule has 0 radical (unpaired) electrons. The third kappa shape index (κ3) is 9.93. The van der Waals surface area contributed by atoms with E-state index in [2.05, 4.69) is 24.4 Å². The fraction of sp³-hybridized carbons (Fsp3) is 0.667. The zero-order chi connectivity index (χ0) is 17.8. The van der Waals surface area contributed by atoms with E-state index in [0.717, 1.165) is 57.4 Å². The molecule has 0 saturated carbocycles. The van der Waals surface area contributed by atoms with Gasteiger partial charge in [-0.3, -0.25) is 0 Å². The third-order valence-corrected chi connectivity index (χ3v) is 4.29. The van der Waals surface area contributed by atoms with Gasteiger partial charge in [0.2, 0.25) is 0 Å². The van der Waals surface area contributed by atoms with Crippen molar-refractivity contribution in [2.45, 2.75) is 57.3 Å². The van der Waals surface area contributed by atoms with Crippen molar-refractivity contribution in [3.63, 3.8) is 0 Å². The summed E-state index contributed by atoms with van der Waals surface area (Å²) >= 11 is 0. The average molecular weight is 336 g/mol. The Kier molecular flexibility index (Phi) is 10.0. The van der Waals surface area contributed by atoms with Crippen LogP contribution in [0, 0.1) is 0 Å². The Morgan fingerprint density at radius 1 is 1.17 bits per heavy atom. The van der Waals surface area contributed by atoms with E-state index in [1.807, 2.05) is 12.1 Å². The highest BCUT2D eigenvalue weighted by atomic mass is 16.5. The Hall–Kier alpha value is -1.08. The fourth-order valence-corrected chi connectivity index (χ4v) is 2.73. The first kappa shape index (κ1) is 21.0. The van der Waals surface area contributed by atoms with Gasteiger partial charge in [0.1, 0.15) is 5.75 Å². The number of unbranched alkanes of at least 4 members (excludes halogenated alkanes) is 1. The summed E-state index contributed by atoms with van der Waals surface area (Å²) in [5.41, 5.74) is 7.40. The molecule has 24 heavy (non-hydrogen) atoms. The first-order valence-corrected chi connectivity index (χ1v) is 8.91. The second-order valence-electron chi connectivity index (χ2n) is 6.84. The number of nitrogens with two attached hydrogens (primary N) is 1. The van der Waals surface area contributed by atoms with Crippen LogP contribution in [0.25, 0.3) is 0 Å². The number of rotatable bonds is 13. The van der Waals surface area contributed by atoms with Crippen LogP contribution in [0.1, 0.15) is 44.6 Å². The molecule has 0 spiro atoms. The quantitative estimate of drug-likeness (QED) is 0.327. The van der Waals surface area contributed by atoms with Gasteiger partial charge < -0.3 is 25.8 Å². The van der Waals surface area contributed by atoms with Crippen molar-refractivity contribution in [3.05, 3.63) is 29.8 Å². The van der Waals surface area contributed by atoms with E-state index in [4.69, 9.17) is 20.5 Å². The van der Waals surface area contributed by atoms with Gasteiger partial charge in [-0.05, 0) is 69.7 Å². The molecule has 6 heteroatoms. The molecule has 0 aromatic heterocycles. The summed E-state index contributed by atoms with van der Waals surface area (Å²) < 4.78 is 5.23. The summed E-state index contributed by atoms with van der Waals surface area (Å²) in [6.45, 7) is 3.96. The first-order chi connectivity index (χ1) is 11.4. The minimum atomic E-state index is -1.19. The Balaban J connectivity index is 2.07. The molecule has 0 heterocycles. The predicted octanol–water partition coefficient (Wildman–Crippen LogP) is 1.97. The molecular formula is C18H33BN2O3. The topological polar surface area (TPSA) is 87.7 Å². The third-order valence-electron chi connectivity index (χ3n) is 4.29. The van der Waals surface area contributed by atoms with Crippen molar-refractivity contribution in [1.82, 2.24) is 5.32 Å². The minimum Gasteiger partial charge on any atom is -0.497 e. The molecule has 5 N–H and O–H groups in total. The van der Waals surface area contributed by atoms with E-state index in [-0.39, 0.29) is 5.54 Å². The molecule has 0 bridgehead atoms. The van der Waals surface area contributed by atoms with Crippen LogP contribution in [0.5, 0.6) is 5.75 Å². The van der Waals surface area contributed by atoms with Crippen LogP contribution in [0.2, 0.25) is 6.32 Å². The molecule has 1 atom stereocenters. The Labute approximate surface area is 146 Å². The van der Waals surface area contributed by atoms with E-state index in [1.54, 1.807) is 7.11 Å². The second kappa shape index (κ2) is 11.5. The molecule has 1 unspecified atom stereocenters. The molecule has 5 nitrogen and oxygen atoms in total. The van der Waals surface area contributed by atoms with Crippen molar-refractivity contribution in [3.8, 4) is 5.75 Å². The number of benzene rings is 1. The number of methoxy groups -OCH3 is 1. The normalized spacial score (nSPS) is 13.5. The summed E-state index contributed by atoms with van der Waals surface area (Å²) in [6, 6.07) is 8.20. The van der Waals surface area contributed by atoms with Crippen LogP contribution < -0.4 is 15.8 Å². The summed E-state index contributed by atoms with van der Waals surface area (Å²) in [5, 5.41) is 21.1. The van der Waals surface area contributed by atoms with Crippen molar-refractivity contribution >= 4 is 7.12 Å². The van der Waals surface area contributed by atoms with E-state index in [9.17, 15) is 0 Å². The zero-order valence-electron chi connectivity index (χ0n) is 15.1. The van der Waals surface area contributed by atoms with Crippen molar-refractivity contribution in [1.29, 1.82) is 0 Å². The van der Waals surface area contributed by atoms with Crippen LogP contribution >= 0.6 is 0 Å². The SMILES string of the molecule is COc1cccc(CCCNCCC(C)(N)CCCCB(O)O)c1. The monoisotopic (exact) mass is 336 g/mol. The smallest absolute Gasteiger partial charge is 0.451 e. The Morgan fingerprint density at radius 3 is 2.67 bits per heavy atom. The lowest BCUT2D eigenvalue weighted by molar-refractivity contribution is 0.369. The molecule has 0 aliphatic carbocycles.